The first kappa shape index (κ1) is 17.1. The number of hydrogen-bond acceptors (Lipinski definition) is 3. The van der Waals surface area contributed by atoms with Gasteiger partial charge in [-0.25, -0.2) is 0 Å². The second kappa shape index (κ2) is 6.76. The van der Waals surface area contributed by atoms with Crippen molar-refractivity contribution >= 4 is 28.3 Å². The summed E-state index contributed by atoms with van der Waals surface area (Å²) < 4.78 is 2.13. The molecule has 3 N–H and O–H groups in total. The number of fused-ring (bicyclic) bond motifs is 3. The Labute approximate surface area is 157 Å². The lowest BCUT2D eigenvalue weighted by molar-refractivity contribution is 0.0971. The molecule has 0 radical (unpaired) electrons. The minimum Gasteiger partial charge on any atom is -0.381 e. The van der Waals surface area contributed by atoms with Crippen LogP contribution in [0.4, 0.5) is 5.69 Å². The summed E-state index contributed by atoms with van der Waals surface area (Å²) >= 11 is 0. The molecule has 1 amide bonds. The van der Waals surface area contributed by atoms with Crippen molar-refractivity contribution in [3.05, 3.63) is 71.9 Å². The molecule has 1 aliphatic rings. The summed E-state index contributed by atoms with van der Waals surface area (Å²) in [6.07, 6.45) is 4.02. The van der Waals surface area contributed by atoms with Gasteiger partial charge in [0.25, 0.3) is 5.91 Å². The Bertz CT molecular complexity index is 1080. The molecule has 2 aromatic carbocycles. The summed E-state index contributed by atoms with van der Waals surface area (Å²) in [4.78, 5) is 24.4. The van der Waals surface area contributed by atoms with E-state index in [1.54, 1.807) is 12.1 Å². The van der Waals surface area contributed by atoms with Gasteiger partial charge in [0.05, 0.1) is 11.1 Å². The molecule has 1 heterocycles. The average molecular weight is 359 g/mol. The number of Topliss-reactive ketones (excluding diaryl/α,β-unsaturated/α-hetero) is 1. The van der Waals surface area contributed by atoms with E-state index in [0.717, 1.165) is 40.7 Å². The largest absolute Gasteiger partial charge is 0.381 e. The molecule has 1 aliphatic carbocycles. The molecule has 0 saturated heterocycles. The van der Waals surface area contributed by atoms with Gasteiger partial charge in [-0.15, -0.1) is 6.58 Å². The molecule has 5 nitrogen and oxygen atoms in total. The first-order valence-electron chi connectivity index (χ1n) is 9.06. The zero-order valence-electron chi connectivity index (χ0n) is 15.0. The molecule has 27 heavy (non-hydrogen) atoms. The van der Waals surface area contributed by atoms with Gasteiger partial charge in [0.1, 0.15) is 0 Å². The Morgan fingerprint density at radius 1 is 1.22 bits per heavy atom. The molecule has 0 saturated carbocycles. The minimum atomic E-state index is -0.484. The number of nitrogens with one attached hydrogen (secondary N) is 1. The molecule has 136 valence electrons. The molecule has 3 aromatic rings. The quantitative estimate of drug-likeness (QED) is 0.679. The number of para-hydroxylation sites is 1. The molecule has 0 aliphatic heterocycles. The van der Waals surface area contributed by atoms with E-state index >= 15 is 0 Å². The van der Waals surface area contributed by atoms with Crippen molar-refractivity contribution in [2.24, 2.45) is 5.73 Å². The van der Waals surface area contributed by atoms with Crippen LogP contribution in [0.5, 0.6) is 0 Å². The predicted octanol–water partition coefficient (Wildman–Crippen LogP) is 3.85. The van der Waals surface area contributed by atoms with Crippen molar-refractivity contribution in [1.82, 2.24) is 4.57 Å². The van der Waals surface area contributed by atoms with Crippen LogP contribution in [-0.4, -0.2) is 22.8 Å². The highest BCUT2D eigenvalue weighted by Gasteiger charge is 2.26. The number of anilines is 1. The number of rotatable bonds is 5. The van der Waals surface area contributed by atoms with Crippen molar-refractivity contribution in [1.29, 1.82) is 0 Å². The predicted molar refractivity (Wildman–Crippen MR) is 108 cm³/mol. The smallest absolute Gasteiger partial charge is 0.250 e. The van der Waals surface area contributed by atoms with Crippen molar-refractivity contribution in [2.45, 2.75) is 19.3 Å². The molecule has 5 heteroatoms. The van der Waals surface area contributed by atoms with E-state index < -0.39 is 5.91 Å². The normalized spacial score (nSPS) is 13.4. The number of hydrogen-bond donors (Lipinski definition) is 2. The van der Waals surface area contributed by atoms with Crippen LogP contribution in [0.25, 0.3) is 16.6 Å². The second-order valence-electron chi connectivity index (χ2n) is 6.71. The molecule has 0 atom stereocenters. The highest BCUT2D eigenvalue weighted by molar-refractivity contribution is 6.10. The van der Waals surface area contributed by atoms with Gasteiger partial charge < -0.3 is 15.6 Å². The van der Waals surface area contributed by atoms with Crippen molar-refractivity contribution < 1.29 is 9.59 Å². The fraction of sp³-hybridized carbons (Fsp3) is 0.182. The van der Waals surface area contributed by atoms with E-state index in [2.05, 4.69) is 16.5 Å². The molecule has 4 rings (SSSR count). The van der Waals surface area contributed by atoms with Crippen LogP contribution in [0.1, 0.15) is 39.3 Å². The number of nitrogens with zero attached hydrogens (tertiary/aromatic N) is 1. The Kier molecular flexibility index (Phi) is 4.28. The van der Waals surface area contributed by atoms with Gasteiger partial charge >= 0.3 is 0 Å². The second-order valence-corrected chi connectivity index (χ2v) is 6.71. The first-order valence-corrected chi connectivity index (χ1v) is 9.06. The van der Waals surface area contributed by atoms with Crippen LogP contribution >= 0.6 is 0 Å². The lowest BCUT2D eigenvalue weighted by Gasteiger charge is -2.17. The van der Waals surface area contributed by atoms with E-state index in [1.807, 2.05) is 36.4 Å². The Morgan fingerprint density at radius 3 is 2.81 bits per heavy atom. The zero-order chi connectivity index (χ0) is 19.0. The fourth-order valence-corrected chi connectivity index (χ4v) is 3.89. The summed E-state index contributed by atoms with van der Waals surface area (Å²) in [5.41, 5.74) is 10.4. The molecule has 0 spiro atoms. The van der Waals surface area contributed by atoms with E-state index in [4.69, 9.17) is 5.73 Å². The summed E-state index contributed by atoms with van der Waals surface area (Å²) in [7, 11) is 0. The molecule has 0 fully saturated rings. The Hall–Kier alpha value is -3.34. The standard InChI is InChI=1S/C22H21N3O2/c1-2-12-24-17-13-14(10-11-15(17)22(23)27)25-18-7-4-3-6-16(18)21-19(25)8-5-9-20(21)26/h2-4,6-7,10-11,13,24H,1,5,8-9,12H2,(H2,23,27). The number of carbonyl (C=O) groups excluding carboxylic acids is 2. The minimum absolute atomic E-state index is 0.199. The van der Waals surface area contributed by atoms with E-state index in [9.17, 15) is 9.59 Å². The molecule has 0 bridgehead atoms. The van der Waals surface area contributed by atoms with E-state index in [1.165, 1.54) is 0 Å². The number of primary amides is 1. The number of nitrogens with two attached hydrogens (primary N) is 1. The van der Waals surface area contributed by atoms with Crippen molar-refractivity contribution in [3.63, 3.8) is 0 Å². The van der Waals surface area contributed by atoms with Gasteiger partial charge in [-0.05, 0) is 37.1 Å². The third-order valence-corrected chi connectivity index (χ3v) is 5.03. The number of carbonyl (C=O) groups is 2. The third kappa shape index (κ3) is 2.81. The van der Waals surface area contributed by atoms with Crippen LogP contribution in [0.2, 0.25) is 0 Å². The monoisotopic (exact) mass is 359 g/mol. The topological polar surface area (TPSA) is 77.1 Å². The lowest BCUT2D eigenvalue weighted by atomic mass is 9.94. The average Bonchev–Trinajstić information content (AvgIpc) is 3.01. The van der Waals surface area contributed by atoms with Crippen LogP contribution in [-0.2, 0) is 6.42 Å². The molecular formula is C22H21N3O2. The maximum Gasteiger partial charge on any atom is 0.250 e. The maximum absolute atomic E-state index is 12.6. The number of ketones is 1. The number of aromatic nitrogens is 1. The summed E-state index contributed by atoms with van der Waals surface area (Å²) in [5.74, 6) is -0.285. The van der Waals surface area contributed by atoms with Gasteiger partial charge in [-0.2, -0.15) is 0 Å². The SMILES string of the molecule is C=CCNc1cc(-n2c3c(c4ccccc42)C(=O)CCC3)ccc1C(N)=O. The van der Waals surface area contributed by atoms with E-state index in [0.29, 0.717) is 24.2 Å². The highest BCUT2D eigenvalue weighted by atomic mass is 16.1. The Balaban J connectivity index is 1.96. The molecule has 1 aromatic heterocycles. The lowest BCUT2D eigenvalue weighted by Crippen LogP contribution is -2.16. The van der Waals surface area contributed by atoms with Gasteiger partial charge in [0.15, 0.2) is 5.78 Å². The summed E-state index contributed by atoms with van der Waals surface area (Å²) in [5, 5.41) is 4.17. The summed E-state index contributed by atoms with van der Waals surface area (Å²) in [6.45, 7) is 4.23. The van der Waals surface area contributed by atoms with E-state index in [-0.39, 0.29) is 5.78 Å². The first-order chi connectivity index (χ1) is 13.1. The van der Waals surface area contributed by atoms with Crippen LogP contribution in [0.15, 0.2) is 55.1 Å². The van der Waals surface area contributed by atoms with Gasteiger partial charge in [0, 0.05) is 41.0 Å². The Morgan fingerprint density at radius 2 is 2.04 bits per heavy atom. The molecular weight excluding hydrogens is 338 g/mol. The van der Waals surface area contributed by atoms with Gasteiger partial charge in [0.2, 0.25) is 0 Å². The summed E-state index contributed by atoms with van der Waals surface area (Å²) in [6, 6.07) is 13.5. The highest BCUT2D eigenvalue weighted by Crippen LogP contribution is 2.35. The van der Waals surface area contributed by atoms with Crippen LogP contribution in [0, 0.1) is 0 Å². The van der Waals surface area contributed by atoms with Gasteiger partial charge in [-0.1, -0.05) is 24.3 Å². The maximum atomic E-state index is 12.6. The zero-order valence-corrected chi connectivity index (χ0v) is 15.0. The van der Waals surface area contributed by atoms with Crippen molar-refractivity contribution in [3.8, 4) is 5.69 Å². The number of amides is 1. The number of benzene rings is 2. The van der Waals surface area contributed by atoms with Crippen LogP contribution < -0.4 is 11.1 Å². The third-order valence-electron chi connectivity index (χ3n) is 5.03. The molecule has 0 unspecified atom stereocenters. The fourth-order valence-electron chi connectivity index (χ4n) is 3.89. The van der Waals surface area contributed by atoms with Crippen molar-refractivity contribution in [2.75, 3.05) is 11.9 Å². The van der Waals surface area contributed by atoms with Gasteiger partial charge in [-0.3, -0.25) is 9.59 Å². The van der Waals surface area contributed by atoms with Crippen LogP contribution in [0.3, 0.4) is 0 Å².